The van der Waals surface area contributed by atoms with Crippen LogP contribution in [-0.2, 0) is 120 Å². The zero-order valence-electron chi connectivity index (χ0n) is 39.6. The molecule has 0 aromatic carbocycles. The predicted molar refractivity (Wildman–Crippen MR) is 273 cm³/mol. The number of fused-ring (bicyclic) bond motifs is 1. The van der Waals surface area contributed by atoms with Crippen molar-refractivity contribution in [1.82, 2.24) is 38.6 Å². The van der Waals surface area contributed by atoms with Gasteiger partial charge in [-0.1, -0.05) is 35.4 Å². The van der Waals surface area contributed by atoms with Crippen molar-refractivity contribution in [2.45, 2.75) is 108 Å². The maximum atomic E-state index is 14.2. The number of nitrogens with one attached hydrogen (secondary N) is 3. The maximum Gasteiger partial charge on any atom is 0.330 e. The van der Waals surface area contributed by atoms with Gasteiger partial charge in [-0.25, -0.2) is 14.6 Å². The fourth-order valence-corrected chi connectivity index (χ4v) is 14.4. The van der Waals surface area contributed by atoms with Crippen molar-refractivity contribution in [1.29, 1.82) is 0 Å². The number of aromatic nitrogens is 8. The number of anilines is 1. The standard InChI is InChI=1S/C36H53N9O21P4S5/c1-17(2)63-67(52,71)57-13-22-20(11-26(61-22)45-16-38-27-30(45)40-34(37)41-32(27)49)65-68(53,72)58-14-21-19(10-25(60-21)44-12-18(3)31(48)42-36(44)51)64-69(54,73)59-15-23-28(66-70(74,75)56-9-5-8-46)29(55-4)33(62-23)43-7-6-24(47)39-35(43)50/h6-7,12,16-17,19-23,25-26,28-29,33,46H,5,8-11,13-15H2,1-4H3,(H,52,71)(H,53,72)(H,54,73)(H,74,75)(H,39,47,50)(H,42,48,51)(H3,37,40,41,49)/p-4/t19-,20-,21-,22-,23-,25-,26-,28+,29?,33-,67?,68?,69?/m1/s1. The third-order valence-corrected chi connectivity index (χ3v) is 18.1. The van der Waals surface area contributed by atoms with Crippen molar-refractivity contribution in [3.05, 3.63) is 82.4 Å². The molecule has 14 atom stereocenters. The first kappa shape index (κ1) is 60.4. The van der Waals surface area contributed by atoms with Crippen LogP contribution >= 0.6 is 25.9 Å². The van der Waals surface area contributed by atoms with E-state index in [2.05, 4.69) is 24.9 Å². The van der Waals surface area contributed by atoms with Gasteiger partial charge in [-0.2, -0.15) is 4.98 Å². The predicted octanol–water partition coefficient (Wildman–Crippen LogP) is -0.777. The molecule has 3 fully saturated rings. The molecular formula is C36H49N9O21P4S5-4. The third kappa shape index (κ3) is 15.6. The summed E-state index contributed by atoms with van der Waals surface area (Å²) < 4.78 is 87.0. The summed E-state index contributed by atoms with van der Waals surface area (Å²) >= 11 is 26.6. The second-order valence-electron chi connectivity index (χ2n) is 16.9. The van der Waals surface area contributed by atoms with Crippen LogP contribution in [0.3, 0.4) is 0 Å². The van der Waals surface area contributed by atoms with Gasteiger partial charge >= 0.3 is 11.4 Å². The van der Waals surface area contributed by atoms with E-state index in [1.165, 1.54) is 31.1 Å². The average molecular weight is 1230 g/mol. The number of methoxy groups -OCH3 is 1. The molecule has 5 unspecified atom stereocenters. The van der Waals surface area contributed by atoms with E-state index in [-0.39, 0.29) is 55.2 Å². The highest BCUT2D eigenvalue weighted by molar-refractivity contribution is 8.51. The van der Waals surface area contributed by atoms with Crippen molar-refractivity contribution < 1.29 is 74.6 Å². The normalized spacial score (nSPS) is 28.3. The highest BCUT2D eigenvalue weighted by Crippen LogP contribution is 2.54. The van der Waals surface area contributed by atoms with Crippen LogP contribution in [0.1, 0.15) is 57.4 Å². The SMILES string of the molecule is COC1[C@@H](OP(=S)([S-])OCCCO)[C@@H](COP([O-])(=S)O[C@@H]2C[C@H](n3cc(C)c(=O)[nH]c3=O)O[C@@H]2COP(=O)([S-])O[C@@H]2C[C@H](n3cnc4c(=O)[nH]c(N)nc43)O[C@@H]2COP([O-])(=S)OC(C)C)O[C@H]1n1ccc(=O)[nH]c1=O. The molecule has 0 radical (unpaired) electrons. The molecule has 0 spiro atoms. The van der Waals surface area contributed by atoms with Crippen molar-refractivity contribution >= 4 is 103 Å². The topological polar surface area (TPSA) is 393 Å². The number of aliphatic hydroxyl groups is 1. The van der Waals surface area contributed by atoms with Crippen LogP contribution < -0.4 is 43.6 Å². The summed E-state index contributed by atoms with van der Waals surface area (Å²) in [6, 6.07) is 1.05. The van der Waals surface area contributed by atoms with E-state index in [4.69, 9.17) is 121 Å². The number of aromatic amines is 3. The number of aliphatic hydroxyl groups excluding tert-OH is 1. The van der Waals surface area contributed by atoms with Crippen LogP contribution in [0.25, 0.3) is 11.2 Å². The Morgan fingerprint density at radius 2 is 1.47 bits per heavy atom. The Balaban J connectivity index is 1.10. The molecule has 3 aliphatic heterocycles. The van der Waals surface area contributed by atoms with E-state index in [1.54, 1.807) is 13.8 Å². The molecule has 0 amide bonds. The lowest BCUT2D eigenvalue weighted by Crippen LogP contribution is -2.40. The number of H-pyrrole nitrogens is 3. The van der Waals surface area contributed by atoms with Crippen molar-refractivity contribution in [2.24, 2.45) is 0 Å². The Morgan fingerprint density at radius 3 is 2.12 bits per heavy atom. The minimum Gasteiger partial charge on any atom is -0.780 e. The summed E-state index contributed by atoms with van der Waals surface area (Å²) in [5.74, 6) is -0.229. The quantitative estimate of drug-likeness (QED) is 0.0309. The number of rotatable bonds is 25. The van der Waals surface area contributed by atoms with E-state index in [1.807, 2.05) is 0 Å². The summed E-state index contributed by atoms with van der Waals surface area (Å²) in [6.07, 6.45) is -10.1. The van der Waals surface area contributed by atoms with Gasteiger partial charge in [-0.05, 0) is 27.2 Å². The van der Waals surface area contributed by atoms with E-state index in [0.717, 1.165) is 21.4 Å². The number of hydrogen-bond donors (Lipinski definition) is 5. The fraction of sp³-hybridized carbons (Fsp3) is 0.639. The van der Waals surface area contributed by atoms with Crippen molar-refractivity contribution in [2.75, 3.05) is 45.9 Å². The molecule has 30 nitrogen and oxygen atoms in total. The molecule has 7 rings (SSSR count). The Labute approximate surface area is 449 Å². The number of nitrogens with two attached hydrogens (primary N) is 1. The number of nitrogen functional groups attached to an aromatic ring is 1. The van der Waals surface area contributed by atoms with Crippen molar-refractivity contribution in [3.63, 3.8) is 0 Å². The Bertz CT molecular complexity index is 3200. The zero-order valence-corrected chi connectivity index (χ0v) is 47.2. The summed E-state index contributed by atoms with van der Waals surface area (Å²) in [5, 5.41) is 9.26. The van der Waals surface area contributed by atoms with Gasteiger partial charge in [-0.15, -0.1) is 0 Å². The molecule has 39 heteroatoms. The Hall–Kier alpha value is -2.21. The molecule has 0 bridgehead atoms. The van der Waals surface area contributed by atoms with Crippen LogP contribution in [0, 0.1) is 6.92 Å². The molecule has 0 aliphatic carbocycles. The van der Waals surface area contributed by atoms with Gasteiger partial charge in [0.2, 0.25) is 5.95 Å². The molecule has 3 aliphatic rings. The number of aryl methyl sites for hydroxylation is 1. The molecular weight excluding hydrogens is 1180 g/mol. The zero-order chi connectivity index (χ0) is 54.8. The third-order valence-electron chi connectivity index (χ3n) is 11.1. The second-order valence-corrected chi connectivity index (χ2v) is 29.9. The van der Waals surface area contributed by atoms with Crippen LogP contribution in [0.4, 0.5) is 5.95 Å². The summed E-state index contributed by atoms with van der Waals surface area (Å²) in [5.41, 5.74) is -1.58. The molecule has 75 heavy (non-hydrogen) atoms. The number of hydrogen-bond acceptors (Lipinski definition) is 29. The molecule has 4 aromatic heterocycles. The summed E-state index contributed by atoms with van der Waals surface area (Å²) in [7, 11) is 1.26. The van der Waals surface area contributed by atoms with Gasteiger partial charge in [0.25, 0.3) is 16.7 Å². The van der Waals surface area contributed by atoms with Gasteiger partial charge < -0.3 is 100 Å². The minimum atomic E-state index is -4.73. The first-order valence-electron chi connectivity index (χ1n) is 22.2. The van der Waals surface area contributed by atoms with Gasteiger partial charge in [-0.3, -0.25) is 47.6 Å². The lowest BCUT2D eigenvalue weighted by atomic mass is 10.1. The fourth-order valence-electron chi connectivity index (χ4n) is 7.89. The Morgan fingerprint density at radius 1 is 0.840 bits per heavy atom. The van der Waals surface area contributed by atoms with Crippen LogP contribution in [-0.4, -0.2) is 133 Å². The first-order valence-corrected chi connectivity index (χ1v) is 33.5. The van der Waals surface area contributed by atoms with Gasteiger partial charge in [0.1, 0.15) is 56.4 Å². The molecule has 0 saturated carbocycles. The van der Waals surface area contributed by atoms with E-state index in [0.29, 0.717) is 0 Å². The van der Waals surface area contributed by atoms with Crippen LogP contribution in [0.5, 0.6) is 0 Å². The van der Waals surface area contributed by atoms with E-state index in [9.17, 15) is 43.4 Å². The van der Waals surface area contributed by atoms with E-state index < -0.39 is 141 Å². The van der Waals surface area contributed by atoms with Gasteiger partial charge in [0.05, 0.1) is 56.8 Å². The van der Waals surface area contributed by atoms with E-state index >= 15 is 0 Å². The number of imidazole rings is 1. The molecule has 418 valence electrons. The van der Waals surface area contributed by atoms with Crippen LogP contribution in [0.2, 0.25) is 0 Å². The van der Waals surface area contributed by atoms with Crippen molar-refractivity contribution in [3.8, 4) is 0 Å². The van der Waals surface area contributed by atoms with Crippen LogP contribution in [0.15, 0.2) is 48.8 Å². The molecule has 4 aromatic rings. The highest BCUT2D eigenvalue weighted by Gasteiger charge is 2.49. The molecule has 3 saturated heterocycles. The minimum absolute atomic E-state index is 0.0151. The lowest BCUT2D eigenvalue weighted by Gasteiger charge is -2.36. The number of nitrogens with zero attached hydrogens (tertiary/aromatic N) is 5. The number of ether oxygens (including phenoxy) is 4. The summed E-state index contributed by atoms with van der Waals surface area (Å²) in [4.78, 5) is 105. The van der Waals surface area contributed by atoms with Gasteiger partial charge in [0, 0.05) is 50.6 Å². The lowest BCUT2D eigenvalue weighted by molar-refractivity contribution is -0.215. The van der Waals surface area contributed by atoms with Gasteiger partial charge in [0.15, 0.2) is 24.2 Å². The summed E-state index contributed by atoms with van der Waals surface area (Å²) in [6.45, 7) is -11.2. The second kappa shape index (κ2) is 25.1. The highest BCUT2D eigenvalue weighted by atomic mass is 32.9. The monoisotopic (exact) mass is 1230 g/mol. The average Bonchev–Trinajstić information content (AvgIpc) is 4.09. The molecule has 6 N–H and O–H groups in total. The largest absolute Gasteiger partial charge is 0.780 e. The first-order chi connectivity index (χ1) is 35.2. The smallest absolute Gasteiger partial charge is 0.330 e. The maximum absolute atomic E-state index is 14.2. The molecule has 7 heterocycles. The Kier molecular flexibility index (Phi) is 20.2.